The van der Waals surface area contributed by atoms with Crippen LogP contribution in [0.2, 0.25) is 0 Å². The van der Waals surface area contributed by atoms with Crippen LogP contribution in [0, 0.1) is 0 Å². The minimum atomic E-state index is -0.186. The molecule has 0 fully saturated rings. The molecule has 3 rings (SSSR count). The van der Waals surface area contributed by atoms with Crippen molar-refractivity contribution in [1.82, 2.24) is 0 Å². The van der Waals surface area contributed by atoms with Gasteiger partial charge in [-0.05, 0) is 35.7 Å². The Morgan fingerprint density at radius 2 is 1.59 bits per heavy atom. The van der Waals surface area contributed by atoms with Crippen molar-refractivity contribution >= 4 is 34.5 Å². The number of amides is 2. The largest absolute Gasteiger partial charge is 0.329 e. The van der Waals surface area contributed by atoms with Crippen molar-refractivity contribution in [1.29, 1.82) is 0 Å². The lowest BCUT2D eigenvalue weighted by Crippen LogP contribution is -2.12. The van der Waals surface area contributed by atoms with Gasteiger partial charge in [-0.15, -0.1) is 0 Å². The van der Waals surface area contributed by atoms with Gasteiger partial charge in [0.05, 0.1) is 0 Å². The quantitative estimate of drug-likeness (QED) is 0.720. The van der Waals surface area contributed by atoms with E-state index in [2.05, 4.69) is 10.6 Å². The van der Waals surface area contributed by atoms with E-state index in [0.29, 0.717) is 17.7 Å². The molecule has 0 radical (unpaired) electrons. The molecule has 0 aliphatic rings. The summed E-state index contributed by atoms with van der Waals surface area (Å²) in [5.41, 5.74) is 1.96. The molecule has 4 nitrogen and oxygen atoms in total. The molecule has 4 heteroatoms. The van der Waals surface area contributed by atoms with Crippen LogP contribution in [0.3, 0.4) is 0 Å². The van der Waals surface area contributed by atoms with Crippen molar-refractivity contribution in [3.63, 3.8) is 0 Å². The molecular formula is C18H14N2O2. The Morgan fingerprint density at radius 1 is 0.864 bits per heavy atom. The molecule has 2 N–H and O–H groups in total. The minimum Gasteiger partial charge on any atom is -0.329 e. The summed E-state index contributed by atoms with van der Waals surface area (Å²) in [6.07, 6.45) is 0.602. The van der Waals surface area contributed by atoms with Gasteiger partial charge >= 0.3 is 0 Å². The van der Waals surface area contributed by atoms with Gasteiger partial charge < -0.3 is 10.6 Å². The molecule has 0 spiro atoms. The highest BCUT2D eigenvalue weighted by Gasteiger charge is 2.08. The van der Waals surface area contributed by atoms with Crippen molar-refractivity contribution in [2.45, 2.75) is 0 Å². The third-order valence-electron chi connectivity index (χ3n) is 3.41. The number of fused-ring (bicyclic) bond motifs is 1. The van der Waals surface area contributed by atoms with Gasteiger partial charge in [0.15, 0.2) is 0 Å². The Balaban J connectivity index is 1.85. The summed E-state index contributed by atoms with van der Waals surface area (Å²) in [5, 5.41) is 7.53. The first-order valence-corrected chi connectivity index (χ1v) is 6.87. The predicted molar refractivity (Wildman–Crippen MR) is 88.0 cm³/mol. The smallest absolute Gasteiger partial charge is 0.255 e. The third kappa shape index (κ3) is 2.81. The second-order valence-corrected chi connectivity index (χ2v) is 4.82. The fourth-order valence-electron chi connectivity index (χ4n) is 2.31. The summed E-state index contributed by atoms with van der Waals surface area (Å²) in [6, 6.07) is 20.4. The molecule has 0 saturated heterocycles. The Labute approximate surface area is 127 Å². The standard InChI is InChI=1S/C18H14N2O2/c21-12-19-15-10-8-14(9-11-15)18(22)20-17-7-3-5-13-4-1-2-6-16(13)17/h1-12H,(H,19,21)(H,20,22). The Hall–Kier alpha value is -3.14. The number of carbonyl (C=O) groups excluding carboxylic acids is 2. The van der Waals surface area contributed by atoms with Crippen molar-refractivity contribution in [3.8, 4) is 0 Å². The molecule has 0 unspecified atom stereocenters. The molecule has 3 aromatic rings. The molecule has 0 atom stereocenters. The van der Waals surface area contributed by atoms with E-state index in [4.69, 9.17) is 0 Å². The van der Waals surface area contributed by atoms with Crippen LogP contribution in [0.4, 0.5) is 11.4 Å². The number of hydrogen-bond donors (Lipinski definition) is 2. The SMILES string of the molecule is O=CNc1ccc(C(=O)Nc2cccc3ccccc23)cc1. The molecule has 0 saturated carbocycles. The summed E-state index contributed by atoms with van der Waals surface area (Å²) >= 11 is 0. The molecule has 0 aliphatic heterocycles. The zero-order valence-electron chi connectivity index (χ0n) is 11.7. The highest BCUT2D eigenvalue weighted by atomic mass is 16.1. The van der Waals surface area contributed by atoms with Crippen molar-refractivity contribution < 1.29 is 9.59 Å². The van der Waals surface area contributed by atoms with Gasteiger partial charge in [0.25, 0.3) is 5.91 Å². The van der Waals surface area contributed by atoms with Crippen LogP contribution in [0.5, 0.6) is 0 Å². The molecule has 0 aliphatic carbocycles. The highest BCUT2D eigenvalue weighted by molar-refractivity contribution is 6.09. The average Bonchev–Trinajstić information content (AvgIpc) is 2.56. The normalized spacial score (nSPS) is 10.2. The van der Waals surface area contributed by atoms with Gasteiger partial charge in [-0.2, -0.15) is 0 Å². The van der Waals surface area contributed by atoms with E-state index >= 15 is 0 Å². The zero-order valence-corrected chi connectivity index (χ0v) is 11.7. The molecular weight excluding hydrogens is 276 g/mol. The molecule has 22 heavy (non-hydrogen) atoms. The predicted octanol–water partition coefficient (Wildman–Crippen LogP) is 3.66. The number of carbonyl (C=O) groups is 2. The summed E-state index contributed by atoms with van der Waals surface area (Å²) in [4.78, 5) is 22.7. The monoisotopic (exact) mass is 290 g/mol. The number of anilines is 2. The van der Waals surface area contributed by atoms with Crippen LogP contribution in [0.15, 0.2) is 66.7 Å². The second-order valence-electron chi connectivity index (χ2n) is 4.82. The van der Waals surface area contributed by atoms with Crippen LogP contribution in [0.25, 0.3) is 10.8 Å². The second kappa shape index (κ2) is 6.10. The lowest BCUT2D eigenvalue weighted by atomic mass is 10.1. The topological polar surface area (TPSA) is 58.2 Å². The van der Waals surface area contributed by atoms with Gasteiger partial charge in [-0.1, -0.05) is 36.4 Å². The summed E-state index contributed by atoms with van der Waals surface area (Å²) in [5.74, 6) is -0.186. The summed E-state index contributed by atoms with van der Waals surface area (Å²) in [6.45, 7) is 0. The highest BCUT2D eigenvalue weighted by Crippen LogP contribution is 2.23. The van der Waals surface area contributed by atoms with E-state index in [1.54, 1.807) is 24.3 Å². The Morgan fingerprint density at radius 3 is 2.36 bits per heavy atom. The van der Waals surface area contributed by atoms with Crippen LogP contribution in [-0.4, -0.2) is 12.3 Å². The molecule has 0 bridgehead atoms. The average molecular weight is 290 g/mol. The van der Waals surface area contributed by atoms with Gasteiger partial charge in [0, 0.05) is 22.3 Å². The van der Waals surface area contributed by atoms with E-state index in [1.807, 2.05) is 42.5 Å². The van der Waals surface area contributed by atoms with E-state index in [-0.39, 0.29) is 5.91 Å². The van der Waals surface area contributed by atoms with E-state index < -0.39 is 0 Å². The van der Waals surface area contributed by atoms with Crippen LogP contribution in [0.1, 0.15) is 10.4 Å². The lowest BCUT2D eigenvalue weighted by Gasteiger charge is -2.09. The van der Waals surface area contributed by atoms with Crippen LogP contribution in [-0.2, 0) is 4.79 Å². The first-order chi connectivity index (χ1) is 10.8. The first kappa shape index (κ1) is 13.8. The molecule has 0 heterocycles. The number of benzene rings is 3. The van der Waals surface area contributed by atoms with Gasteiger partial charge in [-0.25, -0.2) is 0 Å². The van der Waals surface area contributed by atoms with Crippen molar-refractivity contribution in [3.05, 3.63) is 72.3 Å². The van der Waals surface area contributed by atoms with Crippen molar-refractivity contribution in [2.24, 2.45) is 0 Å². The Bertz CT molecular complexity index is 821. The van der Waals surface area contributed by atoms with Crippen LogP contribution < -0.4 is 10.6 Å². The summed E-state index contributed by atoms with van der Waals surface area (Å²) in [7, 11) is 0. The van der Waals surface area contributed by atoms with Crippen molar-refractivity contribution in [2.75, 3.05) is 10.6 Å². The van der Waals surface area contributed by atoms with Gasteiger partial charge in [-0.3, -0.25) is 9.59 Å². The molecule has 0 aromatic heterocycles. The maximum absolute atomic E-state index is 12.3. The fraction of sp³-hybridized carbons (Fsp3) is 0. The molecule has 2 amide bonds. The van der Waals surface area contributed by atoms with Crippen LogP contribution >= 0.6 is 0 Å². The first-order valence-electron chi connectivity index (χ1n) is 6.87. The fourth-order valence-corrected chi connectivity index (χ4v) is 2.31. The van der Waals surface area contributed by atoms with E-state index in [1.165, 1.54) is 0 Å². The van der Waals surface area contributed by atoms with E-state index in [0.717, 1.165) is 16.5 Å². The van der Waals surface area contributed by atoms with E-state index in [9.17, 15) is 9.59 Å². The lowest BCUT2D eigenvalue weighted by molar-refractivity contribution is -0.105. The number of nitrogens with one attached hydrogen (secondary N) is 2. The maximum atomic E-state index is 12.3. The number of rotatable bonds is 4. The third-order valence-corrected chi connectivity index (χ3v) is 3.41. The maximum Gasteiger partial charge on any atom is 0.255 e. The zero-order chi connectivity index (χ0) is 15.4. The van der Waals surface area contributed by atoms with Gasteiger partial charge in [0.1, 0.15) is 0 Å². The van der Waals surface area contributed by atoms with Gasteiger partial charge in [0.2, 0.25) is 6.41 Å². The Kier molecular flexibility index (Phi) is 3.83. The molecule has 3 aromatic carbocycles. The number of hydrogen-bond acceptors (Lipinski definition) is 2. The minimum absolute atomic E-state index is 0.186. The summed E-state index contributed by atoms with van der Waals surface area (Å²) < 4.78 is 0. The molecule has 108 valence electrons.